The monoisotopic (exact) mass is 829 g/mol. The summed E-state index contributed by atoms with van der Waals surface area (Å²) in [7, 11) is 0. The highest BCUT2D eigenvalue weighted by molar-refractivity contribution is 6.10. The van der Waals surface area contributed by atoms with Gasteiger partial charge in [-0.05, 0) is 66.9 Å². The van der Waals surface area contributed by atoms with Crippen molar-refractivity contribution < 1.29 is 4.42 Å². The number of furan rings is 1. The molecule has 12 aromatic rings. The van der Waals surface area contributed by atoms with Gasteiger partial charge in [0.15, 0.2) is 17.5 Å². The Morgan fingerprint density at radius 1 is 0.215 bits per heavy atom. The van der Waals surface area contributed by atoms with Crippen molar-refractivity contribution in [3.05, 3.63) is 237 Å². The van der Waals surface area contributed by atoms with Gasteiger partial charge < -0.3 is 4.42 Å². The Hall–Kier alpha value is -8.73. The average molecular weight is 830 g/mol. The number of nitrogens with zero attached hydrogens (tertiary/aromatic N) is 3. The maximum Gasteiger partial charge on any atom is 0.164 e. The minimum Gasteiger partial charge on any atom is -0.455 e. The zero-order valence-corrected chi connectivity index (χ0v) is 35.3. The molecule has 0 unspecified atom stereocenters. The van der Waals surface area contributed by atoms with Crippen LogP contribution in [0.5, 0.6) is 0 Å². The maximum absolute atomic E-state index is 6.37. The van der Waals surface area contributed by atoms with Gasteiger partial charge in [0.05, 0.1) is 0 Å². The third kappa shape index (κ3) is 6.95. The summed E-state index contributed by atoms with van der Waals surface area (Å²) in [4.78, 5) is 15.6. The Balaban J connectivity index is 0.920. The SMILES string of the molecule is c1ccc(-c2ccccc2-c2nc(-c3ccc(-c4ccc(-c5ccc(-c6cccc7c6oc6ccccc67)cc5)c5ccccc45)cc3)nc(-c3ccccc3-c3ccccc3)n2)cc1. The van der Waals surface area contributed by atoms with Crippen molar-refractivity contribution in [2.75, 3.05) is 0 Å². The van der Waals surface area contributed by atoms with Gasteiger partial charge in [-0.1, -0.05) is 231 Å². The maximum atomic E-state index is 6.37. The van der Waals surface area contributed by atoms with E-state index >= 15 is 0 Å². The molecule has 0 aliphatic heterocycles. The summed E-state index contributed by atoms with van der Waals surface area (Å²) in [5, 5.41) is 4.65. The molecule has 0 amide bonds. The Kier molecular flexibility index (Phi) is 9.46. The van der Waals surface area contributed by atoms with Crippen molar-refractivity contribution in [2.24, 2.45) is 0 Å². The van der Waals surface area contributed by atoms with E-state index in [4.69, 9.17) is 19.4 Å². The van der Waals surface area contributed by atoms with Gasteiger partial charge in [0.1, 0.15) is 11.2 Å². The third-order valence-corrected chi connectivity index (χ3v) is 12.4. The highest BCUT2D eigenvalue weighted by Gasteiger charge is 2.19. The van der Waals surface area contributed by atoms with Crippen molar-refractivity contribution in [3.63, 3.8) is 0 Å². The van der Waals surface area contributed by atoms with Gasteiger partial charge in [0.2, 0.25) is 0 Å². The zero-order chi connectivity index (χ0) is 43.1. The number of fused-ring (bicyclic) bond motifs is 4. The first-order valence-corrected chi connectivity index (χ1v) is 21.9. The highest BCUT2D eigenvalue weighted by Crippen LogP contribution is 2.40. The van der Waals surface area contributed by atoms with Crippen molar-refractivity contribution >= 4 is 32.7 Å². The summed E-state index contributed by atoms with van der Waals surface area (Å²) < 4.78 is 6.37. The zero-order valence-electron chi connectivity index (χ0n) is 35.3. The Labute approximate surface area is 376 Å². The molecule has 304 valence electrons. The van der Waals surface area contributed by atoms with Crippen LogP contribution in [0.2, 0.25) is 0 Å². The standard InChI is InChI=1S/C61H39N3O/c1-3-16-40(17-4-1)46-20-7-11-25-55(46)60-62-59(63-61(64-60)56-26-12-8-21-47(56)41-18-5-2-6-19-41)45-36-34-43(35-37-45)49-39-38-48(51-22-9-10-23-52(49)51)42-30-32-44(33-31-42)50-27-15-28-54-53-24-13-14-29-57(53)65-58(50)54/h1-39H. The number of para-hydroxylation sites is 2. The summed E-state index contributed by atoms with van der Waals surface area (Å²) in [5.74, 6) is 1.86. The van der Waals surface area contributed by atoms with Gasteiger partial charge in [0.25, 0.3) is 0 Å². The van der Waals surface area contributed by atoms with Gasteiger partial charge in [0, 0.05) is 33.0 Å². The molecule has 0 bridgehead atoms. The highest BCUT2D eigenvalue weighted by atomic mass is 16.3. The molecular formula is C61H39N3O. The normalized spacial score (nSPS) is 11.4. The van der Waals surface area contributed by atoms with E-state index in [1.54, 1.807) is 0 Å². The molecular weight excluding hydrogens is 791 g/mol. The van der Waals surface area contributed by atoms with E-state index in [1.165, 1.54) is 16.3 Å². The van der Waals surface area contributed by atoms with Crippen LogP contribution in [0.4, 0.5) is 0 Å². The number of rotatable bonds is 8. The Morgan fingerprint density at radius 3 is 1.12 bits per heavy atom. The second kappa shape index (κ2) is 16.2. The molecule has 4 nitrogen and oxygen atoms in total. The predicted octanol–water partition coefficient (Wildman–Crippen LogP) is 16.3. The lowest BCUT2D eigenvalue weighted by Gasteiger charge is -2.14. The van der Waals surface area contributed by atoms with E-state index in [2.05, 4.69) is 200 Å². The number of benzene rings is 10. The van der Waals surface area contributed by atoms with Crippen molar-refractivity contribution in [2.45, 2.75) is 0 Å². The molecule has 0 atom stereocenters. The Bertz CT molecular complexity index is 3590. The smallest absolute Gasteiger partial charge is 0.164 e. The molecule has 0 saturated heterocycles. The molecule has 0 fully saturated rings. The van der Waals surface area contributed by atoms with Crippen molar-refractivity contribution in [1.29, 1.82) is 0 Å². The van der Waals surface area contributed by atoms with Crippen LogP contribution in [0.15, 0.2) is 241 Å². The minimum absolute atomic E-state index is 0.613. The van der Waals surface area contributed by atoms with Crippen LogP contribution in [0, 0.1) is 0 Å². The molecule has 2 heterocycles. The van der Waals surface area contributed by atoms with Gasteiger partial charge in [-0.3, -0.25) is 0 Å². The van der Waals surface area contributed by atoms with E-state index in [0.29, 0.717) is 17.5 Å². The van der Waals surface area contributed by atoms with Crippen LogP contribution >= 0.6 is 0 Å². The third-order valence-electron chi connectivity index (χ3n) is 12.4. The summed E-state index contributed by atoms with van der Waals surface area (Å²) in [5.41, 5.74) is 15.8. The van der Waals surface area contributed by atoms with Crippen LogP contribution in [-0.4, -0.2) is 15.0 Å². The topological polar surface area (TPSA) is 51.8 Å². The van der Waals surface area contributed by atoms with Crippen LogP contribution in [0.3, 0.4) is 0 Å². The molecule has 0 aliphatic carbocycles. The first-order chi connectivity index (χ1) is 32.2. The summed E-state index contributed by atoms with van der Waals surface area (Å²) in [6.45, 7) is 0. The lowest BCUT2D eigenvalue weighted by atomic mass is 9.91. The van der Waals surface area contributed by atoms with Crippen LogP contribution in [0.1, 0.15) is 0 Å². The molecule has 0 aliphatic rings. The molecule has 0 radical (unpaired) electrons. The van der Waals surface area contributed by atoms with Crippen LogP contribution < -0.4 is 0 Å². The van der Waals surface area contributed by atoms with E-state index in [-0.39, 0.29) is 0 Å². The number of hydrogen-bond donors (Lipinski definition) is 0. The van der Waals surface area contributed by atoms with Gasteiger partial charge in [-0.25, -0.2) is 15.0 Å². The quantitative estimate of drug-likeness (QED) is 0.153. The van der Waals surface area contributed by atoms with Crippen molar-refractivity contribution in [1.82, 2.24) is 15.0 Å². The second-order valence-corrected chi connectivity index (χ2v) is 16.3. The van der Waals surface area contributed by atoms with Crippen LogP contribution in [0.25, 0.3) is 123 Å². The lowest BCUT2D eigenvalue weighted by Crippen LogP contribution is -2.02. The lowest BCUT2D eigenvalue weighted by molar-refractivity contribution is 0.670. The summed E-state index contributed by atoms with van der Waals surface area (Å²) >= 11 is 0. The molecule has 0 N–H and O–H groups in total. The Morgan fingerprint density at radius 2 is 0.585 bits per heavy atom. The van der Waals surface area contributed by atoms with Gasteiger partial charge in [-0.2, -0.15) is 0 Å². The van der Waals surface area contributed by atoms with Crippen LogP contribution in [-0.2, 0) is 0 Å². The molecule has 10 aromatic carbocycles. The van der Waals surface area contributed by atoms with E-state index in [9.17, 15) is 0 Å². The molecule has 2 aromatic heterocycles. The van der Waals surface area contributed by atoms with E-state index < -0.39 is 0 Å². The fourth-order valence-corrected chi connectivity index (χ4v) is 9.25. The minimum atomic E-state index is 0.613. The largest absolute Gasteiger partial charge is 0.455 e. The van der Waals surface area contributed by atoms with Crippen molar-refractivity contribution in [3.8, 4) is 89.8 Å². The molecule has 0 saturated carbocycles. The first-order valence-electron chi connectivity index (χ1n) is 21.9. The first kappa shape index (κ1) is 38.0. The molecule has 65 heavy (non-hydrogen) atoms. The molecule has 12 rings (SSSR count). The second-order valence-electron chi connectivity index (χ2n) is 16.3. The fraction of sp³-hybridized carbons (Fsp3) is 0. The molecule has 0 spiro atoms. The van der Waals surface area contributed by atoms with E-state index in [1.807, 2.05) is 36.4 Å². The summed E-state index contributed by atoms with van der Waals surface area (Å²) in [6, 6.07) is 82.8. The number of aromatic nitrogens is 3. The fourth-order valence-electron chi connectivity index (χ4n) is 9.25. The average Bonchev–Trinajstić information content (AvgIpc) is 3.78. The summed E-state index contributed by atoms with van der Waals surface area (Å²) in [6.07, 6.45) is 0. The van der Waals surface area contributed by atoms with E-state index in [0.717, 1.165) is 88.7 Å². The van der Waals surface area contributed by atoms with Gasteiger partial charge >= 0.3 is 0 Å². The van der Waals surface area contributed by atoms with Gasteiger partial charge in [-0.15, -0.1) is 0 Å². The number of hydrogen-bond acceptors (Lipinski definition) is 4. The molecule has 4 heteroatoms. The predicted molar refractivity (Wildman–Crippen MR) is 268 cm³/mol.